The lowest BCUT2D eigenvalue weighted by Gasteiger charge is -1.95. The van der Waals surface area contributed by atoms with E-state index < -0.39 is 0 Å². The zero-order chi connectivity index (χ0) is 8.85. The number of halogens is 2. The maximum Gasteiger partial charge on any atom is 0.0464 e. The summed E-state index contributed by atoms with van der Waals surface area (Å²) in [6.07, 6.45) is 0. The van der Waals surface area contributed by atoms with Gasteiger partial charge in [-0.25, -0.2) is 5.26 Å². The Morgan fingerprint density at radius 3 is 2.36 bits per heavy atom. The molecule has 0 bridgehead atoms. The van der Waals surface area contributed by atoms with Crippen LogP contribution in [0.5, 0.6) is 0 Å². The molecule has 1 rings (SSSR count). The van der Waals surface area contributed by atoms with Crippen molar-refractivity contribution >= 4 is 39.9 Å². The number of nitrogen functional groups attached to an aromatic ring is 1. The van der Waals surface area contributed by atoms with Gasteiger partial charge >= 0.3 is 0 Å². The molecule has 2 N–H and O–H groups in total. The van der Waals surface area contributed by atoms with Gasteiger partial charge in [-0.3, -0.25) is 0 Å². The molecule has 0 fully saturated rings. The minimum Gasteiger partial charge on any atom is -0.398 e. The van der Waals surface area contributed by atoms with Crippen molar-refractivity contribution in [1.82, 2.24) is 0 Å². The van der Waals surface area contributed by atoms with Crippen molar-refractivity contribution in [3.8, 4) is 6.57 Å². The van der Waals surface area contributed by atoms with Gasteiger partial charge in [0.05, 0.1) is 0 Å². The molecule has 0 aromatic heterocycles. The first-order valence-corrected chi connectivity index (χ1v) is 4.12. The summed E-state index contributed by atoms with van der Waals surface area (Å²) in [5.74, 6) is 0. The predicted octanol–water partition coefficient (Wildman–Crippen LogP) is 2.67. The third-order valence-electron chi connectivity index (χ3n) is 0.958. The molecule has 0 aliphatic rings. The van der Waals surface area contributed by atoms with Gasteiger partial charge < -0.3 is 5.73 Å². The molecule has 0 radical (unpaired) electrons. The molecule has 1 aromatic carbocycles. The monoisotopic (exact) mass is 280 g/mol. The average molecular weight is 280 g/mol. The molecule has 11 heavy (non-hydrogen) atoms. The van der Waals surface area contributed by atoms with Crippen molar-refractivity contribution in [2.75, 3.05) is 5.73 Å². The molecule has 2 nitrogen and oxygen atoms in total. The molecule has 0 saturated carbocycles. The highest BCUT2D eigenvalue weighted by Gasteiger charge is 1.92. The SMILES string of the molecule is C#N.Nc1cc(Cl)ccc1I. The number of benzene rings is 1. The van der Waals surface area contributed by atoms with Crippen LogP contribution in [0.25, 0.3) is 0 Å². The Morgan fingerprint density at radius 1 is 1.45 bits per heavy atom. The Bertz CT molecular complexity index is 260. The van der Waals surface area contributed by atoms with E-state index in [1.165, 1.54) is 0 Å². The third kappa shape index (κ3) is 3.44. The van der Waals surface area contributed by atoms with Crippen LogP contribution < -0.4 is 5.73 Å². The van der Waals surface area contributed by atoms with Gasteiger partial charge in [-0.15, -0.1) is 0 Å². The van der Waals surface area contributed by atoms with Crippen molar-refractivity contribution < 1.29 is 0 Å². The van der Waals surface area contributed by atoms with E-state index >= 15 is 0 Å². The standard InChI is InChI=1S/C6H5ClIN.CHN/c7-4-1-2-5(8)6(9)3-4;1-2/h1-3H,9H2;1H. The van der Waals surface area contributed by atoms with Crippen LogP contribution in [-0.2, 0) is 0 Å². The lowest BCUT2D eigenvalue weighted by Crippen LogP contribution is -1.86. The summed E-state index contributed by atoms with van der Waals surface area (Å²) < 4.78 is 1.04. The van der Waals surface area contributed by atoms with E-state index in [4.69, 9.17) is 22.6 Å². The van der Waals surface area contributed by atoms with Crippen molar-refractivity contribution in [2.45, 2.75) is 0 Å². The lowest BCUT2D eigenvalue weighted by atomic mass is 10.3. The first-order valence-electron chi connectivity index (χ1n) is 2.66. The summed E-state index contributed by atoms with van der Waals surface area (Å²) in [6.45, 7) is 3.50. The Balaban J connectivity index is 0.000000461. The second-order valence-corrected chi connectivity index (χ2v) is 3.26. The van der Waals surface area contributed by atoms with E-state index in [0.717, 1.165) is 9.26 Å². The predicted molar refractivity (Wildman–Crippen MR) is 55.3 cm³/mol. The number of nitrogens with two attached hydrogens (primary N) is 1. The number of nitriles is 1. The Kier molecular flexibility index (Phi) is 4.99. The largest absolute Gasteiger partial charge is 0.398 e. The van der Waals surface area contributed by atoms with Crippen LogP contribution in [-0.4, -0.2) is 0 Å². The Hall–Kier alpha value is -0.470. The lowest BCUT2D eigenvalue weighted by molar-refractivity contribution is 1.58. The van der Waals surface area contributed by atoms with Crippen LogP contribution in [0, 0.1) is 15.4 Å². The van der Waals surface area contributed by atoms with E-state index in [-0.39, 0.29) is 0 Å². The Morgan fingerprint density at radius 2 is 2.00 bits per heavy atom. The number of hydrogen-bond donors (Lipinski definition) is 1. The van der Waals surface area contributed by atoms with Gasteiger partial charge in [-0.1, -0.05) is 11.6 Å². The molecule has 0 amide bonds. The van der Waals surface area contributed by atoms with Crippen molar-refractivity contribution in [3.63, 3.8) is 0 Å². The summed E-state index contributed by atoms with van der Waals surface area (Å²) in [7, 11) is 0. The molecule has 0 aliphatic carbocycles. The fourth-order valence-electron chi connectivity index (χ4n) is 0.515. The fraction of sp³-hybridized carbons (Fsp3) is 0. The van der Waals surface area contributed by atoms with E-state index in [9.17, 15) is 0 Å². The maximum absolute atomic E-state index is 6.50. The number of nitrogens with zero attached hydrogens (tertiary/aromatic N) is 1. The molecular formula is C7H6ClIN2. The smallest absolute Gasteiger partial charge is 0.0464 e. The average Bonchev–Trinajstić information content (AvgIpc) is 2.02. The van der Waals surface area contributed by atoms with Gasteiger partial charge in [-0.05, 0) is 40.8 Å². The van der Waals surface area contributed by atoms with Gasteiger partial charge in [-0.2, -0.15) is 0 Å². The van der Waals surface area contributed by atoms with Gasteiger partial charge in [0.15, 0.2) is 0 Å². The first-order chi connectivity index (χ1) is 5.20. The van der Waals surface area contributed by atoms with Gasteiger partial charge in [0.2, 0.25) is 0 Å². The van der Waals surface area contributed by atoms with Crippen LogP contribution in [0.4, 0.5) is 5.69 Å². The first kappa shape index (κ1) is 10.5. The summed E-state index contributed by atoms with van der Waals surface area (Å²) in [4.78, 5) is 0. The number of anilines is 1. The third-order valence-corrected chi connectivity index (χ3v) is 2.18. The highest BCUT2D eigenvalue weighted by atomic mass is 127. The highest BCUT2D eigenvalue weighted by molar-refractivity contribution is 14.1. The van der Waals surface area contributed by atoms with Crippen LogP contribution >= 0.6 is 34.2 Å². The van der Waals surface area contributed by atoms with Crippen LogP contribution in [0.3, 0.4) is 0 Å². The quantitative estimate of drug-likeness (QED) is 0.587. The molecule has 58 valence electrons. The van der Waals surface area contributed by atoms with Crippen molar-refractivity contribution in [3.05, 3.63) is 26.8 Å². The molecular weight excluding hydrogens is 274 g/mol. The van der Waals surface area contributed by atoms with E-state index in [1.807, 2.05) is 12.1 Å². The zero-order valence-corrected chi connectivity index (χ0v) is 8.50. The fourth-order valence-corrected chi connectivity index (χ4v) is 1.03. The van der Waals surface area contributed by atoms with Crippen LogP contribution in [0.15, 0.2) is 18.2 Å². The minimum atomic E-state index is 0.688. The zero-order valence-electron chi connectivity index (χ0n) is 5.59. The van der Waals surface area contributed by atoms with Crippen LogP contribution in [0.2, 0.25) is 5.02 Å². The summed E-state index contributed by atoms with van der Waals surface area (Å²) >= 11 is 7.79. The molecule has 4 heteroatoms. The van der Waals surface area contributed by atoms with E-state index in [1.54, 1.807) is 6.07 Å². The van der Waals surface area contributed by atoms with E-state index in [2.05, 4.69) is 29.2 Å². The molecule has 0 aliphatic heterocycles. The highest BCUT2D eigenvalue weighted by Crippen LogP contribution is 2.18. The summed E-state index contributed by atoms with van der Waals surface area (Å²) in [6, 6.07) is 5.45. The molecule has 0 heterocycles. The Labute approximate surface area is 84.1 Å². The summed E-state index contributed by atoms with van der Waals surface area (Å²) in [5.41, 5.74) is 6.27. The molecule has 0 unspecified atom stereocenters. The number of rotatable bonds is 0. The second-order valence-electron chi connectivity index (χ2n) is 1.67. The van der Waals surface area contributed by atoms with E-state index in [0.29, 0.717) is 5.02 Å². The van der Waals surface area contributed by atoms with Crippen molar-refractivity contribution in [1.29, 1.82) is 5.26 Å². The second kappa shape index (κ2) is 5.22. The normalized spacial score (nSPS) is 8.00. The molecule has 0 saturated heterocycles. The van der Waals surface area contributed by atoms with Gasteiger partial charge in [0.25, 0.3) is 0 Å². The summed E-state index contributed by atoms with van der Waals surface area (Å²) in [5, 5.41) is 7.19. The van der Waals surface area contributed by atoms with Crippen molar-refractivity contribution in [2.24, 2.45) is 0 Å². The topological polar surface area (TPSA) is 49.8 Å². The van der Waals surface area contributed by atoms with Gasteiger partial charge in [0, 0.05) is 20.9 Å². The molecule has 0 atom stereocenters. The van der Waals surface area contributed by atoms with Gasteiger partial charge in [0.1, 0.15) is 0 Å². The molecule has 1 aromatic rings. The number of hydrogen-bond acceptors (Lipinski definition) is 2. The molecule has 0 spiro atoms. The maximum atomic E-state index is 6.50. The van der Waals surface area contributed by atoms with Crippen LogP contribution in [0.1, 0.15) is 0 Å². The minimum absolute atomic E-state index is 0.688.